The molecule has 1 aliphatic heterocycles. The summed E-state index contributed by atoms with van der Waals surface area (Å²) >= 11 is 0. The average molecular weight is 304 g/mol. The van der Waals surface area contributed by atoms with Crippen molar-refractivity contribution in [3.8, 4) is 0 Å². The van der Waals surface area contributed by atoms with Crippen LogP contribution in [0.15, 0.2) is 0 Å². The van der Waals surface area contributed by atoms with E-state index in [0.29, 0.717) is 24.7 Å². The number of hydrogen-bond donors (Lipinski definition) is 1. The van der Waals surface area contributed by atoms with Crippen LogP contribution in [0.2, 0.25) is 0 Å². The molecule has 1 atom stereocenters. The Morgan fingerprint density at radius 3 is 2.62 bits per heavy atom. The Kier molecular flexibility index (Phi) is 4.50. The third kappa shape index (κ3) is 4.16. The van der Waals surface area contributed by atoms with E-state index in [9.17, 15) is 13.2 Å². The van der Waals surface area contributed by atoms with E-state index in [1.54, 1.807) is 23.9 Å². The van der Waals surface area contributed by atoms with Crippen LogP contribution in [0.5, 0.6) is 0 Å². The van der Waals surface area contributed by atoms with Gasteiger partial charge in [-0.25, -0.2) is 0 Å². The molecule has 0 saturated carbocycles. The average Bonchev–Trinajstić information content (AvgIpc) is 2.37. The number of alkyl halides is 3. The number of piperidine rings is 1. The minimum atomic E-state index is -4.15. The molecule has 1 aromatic heterocycles. The number of nitrogens with zero attached hydrogens (tertiary/aromatic N) is 5. The maximum Gasteiger partial charge on any atom is 0.393 e. The Balaban J connectivity index is 2.07. The van der Waals surface area contributed by atoms with Crippen LogP contribution in [0.3, 0.4) is 0 Å². The van der Waals surface area contributed by atoms with Crippen LogP contribution in [-0.2, 0) is 6.54 Å². The molecule has 118 valence electrons. The highest BCUT2D eigenvalue weighted by molar-refractivity contribution is 5.32. The fourth-order valence-electron chi connectivity index (χ4n) is 2.36. The molecule has 0 unspecified atom stereocenters. The van der Waals surface area contributed by atoms with Gasteiger partial charge in [-0.2, -0.15) is 28.1 Å². The van der Waals surface area contributed by atoms with E-state index < -0.39 is 12.1 Å². The first-order valence-electron chi connectivity index (χ1n) is 6.72. The van der Waals surface area contributed by atoms with Gasteiger partial charge >= 0.3 is 6.18 Å². The van der Waals surface area contributed by atoms with Crippen molar-refractivity contribution in [2.24, 2.45) is 5.92 Å². The lowest BCUT2D eigenvalue weighted by Gasteiger charge is -2.33. The lowest BCUT2D eigenvalue weighted by molar-refractivity contribution is -0.187. The number of hydrogen-bond acceptors (Lipinski definition) is 6. The SMILES string of the molecule is CN(C)c1nc(N)nc(CN2CCC[C@@H](C(F)(F)F)C2)n1. The van der Waals surface area contributed by atoms with Gasteiger partial charge in [0.05, 0.1) is 12.5 Å². The smallest absolute Gasteiger partial charge is 0.368 e. The molecule has 0 amide bonds. The van der Waals surface area contributed by atoms with Crippen LogP contribution in [0.4, 0.5) is 25.1 Å². The second-order valence-electron chi connectivity index (χ2n) is 5.42. The molecule has 9 heteroatoms. The number of rotatable bonds is 3. The fraction of sp³-hybridized carbons (Fsp3) is 0.750. The zero-order chi connectivity index (χ0) is 15.6. The molecule has 0 bridgehead atoms. The molecule has 1 fully saturated rings. The maximum absolute atomic E-state index is 12.8. The topological polar surface area (TPSA) is 71.2 Å². The number of halogens is 3. The predicted octanol–water partition coefficient (Wildman–Crippen LogP) is 1.29. The van der Waals surface area contributed by atoms with Gasteiger partial charge in [0.2, 0.25) is 11.9 Å². The summed E-state index contributed by atoms with van der Waals surface area (Å²) in [6, 6.07) is 0. The zero-order valence-corrected chi connectivity index (χ0v) is 12.1. The summed E-state index contributed by atoms with van der Waals surface area (Å²) in [6.07, 6.45) is -3.45. The highest BCUT2D eigenvalue weighted by atomic mass is 19.4. The Hall–Kier alpha value is -1.64. The summed E-state index contributed by atoms with van der Waals surface area (Å²) in [6.45, 7) is 0.835. The molecule has 1 aliphatic rings. The van der Waals surface area contributed by atoms with E-state index >= 15 is 0 Å². The first kappa shape index (κ1) is 15.7. The van der Waals surface area contributed by atoms with Crippen molar-refractivity contribution in [2.75, 3.05) is 37.8 Å². The molecule has 2 rings (SSSR count). The number of aromatic nitrogens is 3. The molecule has 2 heterocycles. The molecule has 0 aliphatic carbocycles. The monoisotopic (exact) mass is 304 g/mol. The summed E-state index contributed by atoms with van der Waals surface area (Å²) < 4.78 is 38.4. The number of anilines is 2. The molecule has 6 nitrogen and oxygen atoms in total. The molecular formula is C12H19F3N6. The third-order valence-electron chi connectivity index (χ3n) is 3.42. The molecule has 1 saturated heterocycles. The lowest BCUT2D eigenvalue weighted by Crippen LogP contribution is -2.41. The largest absolute Gasteiger partial charge is 0.393 e. The Labute approximate surface area is 121 Å². The molecular weight excluding hydrogens is 285 g/mol. The van der Waals surface area contributed by atoms with Crippen LogP contribution in [0.25, 0.3) is 0 Å². The highest BCUT2D eigenvalue weighted by Gasteiger charge is 2.41. The Morgan fingerprint density at radius 1 is 1.29 bits per heavy atom. The molecule has 2 N–H and O–H groups in total. The van der Waals surface area contributed by atoms with Gasteiger partial charge in [-0.1, -0.05) is 0 Å². The van der Waals surface area contributed by atoms with Crippen LogP contribution in [0, 0.1) is 5.92 Å². The fourth-order valence-corrected chi connectivity index (χ4v) is 2.36. The predicted molar refractivity (Wildman–Crippen MR) is 72.6 cm³/mol. The van der Waals surface area contributed by atoms with E-state index in [1.807, 2.05) is 0 Å². The summed E-state index contributed by atoms with van der Waals surface area (Å²) in [5.41, 5.74) is 5.61. The van der Waals surface area contributed by atoms with Gasteiger partial charge in [-0.15, -0.1) is 0 Å². The van der Waals surface area contributed by atoms with Crippen LogP contribution >= 0.6 is 0 Å². The minimum absolute atomic E-state index is 0.0214. The third-order valence-corrected chi connectivity index (χ3v) is 3.42. The summed E-state index contributed by atoms with van der Waals surface area (Å²) in [5.74, 6) is -0.400. The van der Waals surface area contributed by atoms with Crippen molar-refractivity contribution in [2.45, 2.75) is 25.6 Å². The molecule has 21 heavy (non-hydrogen) atoms. The highest BCUT2D eigenvalue weighted by Crippen LogP contribution is 2.33. The van der Waals surface area contributed by atoms with E-state index in [4.69, 9.17) is 5.73 Å². The van der Waals surface area contributed by atoms with Gasteiger partial charge in [0.25, 0.3) is 0 Å². The standard InChI is InChI=1S/C12H19F3N6/c1-20(2)11-18-9(17-10(16)19-11)7-21-5-3-4-8(6-21)12(13,14)15/h8H,3-7H2,1-2H3,(H2,16,17,18,19)/t8-/m1/s1. The van der Waals surface area contributed by atoms with Crippen LogP contribution < -0.4 is 10.6 Å². The quantitative estimate of drug-likeness (QED) is 0.907. The van der Waals surface area contributed by atoms with Crippen molar-refractivity contribution in [1.82, 2.24) is 19.9 Å². The van der Waals surface area contributed by atoms with E-state index in [2.05, 4.69) is 15.0 Å². The molecule has 0 radical (unpaired) electrons. The van der Waals surface area contributed by atoms with Crippen molar-refractivity contribution in [3.05, 3.63) is 5.82 Å². The van der Waals surface area contributed by atoms with Gasteiger partial charge in [-0.05, 0) is 19.4 Å². The second kappa shape index (κ2) is 6.00. The van der Waals surface area contributed by atoms with E-state index in [0.717, 1.165) is 0 Å². The summed E-state index contributed by atoms with van der Waals surface area (Å²) in [4.78, 5) is 15.6. The van der Waals surface area contributed by atoms with Gasteiger partial charge in [0, 0.05) is 20.6 Å². The van der Waals surface area contributed by atoms with Crippen molar-refractivity contribution in [3.63, 3.8) is 0 Å². The Bertz CT molecular complexity index is 490. The zero-order valence-electron chi connectivity index (χ0n) is 12.1. The molecule has 0 aromatic carbocycles. The van der Waals surface area contributed by atoms with Gasteiger partial charge in [-0.3, -0.25) is 4.90 Å². The maximum atomic E-state index is 12.8. The van der Waals surface area contributed by atoms with Gasteiger partial charge < -0.3 is 10.6 Å². The Morgan fingerprint density at radius 2 is 2.00 bits per heavy atom. The van der Waals surface area contributed by atoms with Crippen LogP contribution in [-0.4, -0.2) is 53.2 Å². The normalized spacial score (nSPS) is 20.5. The van der Waals surface area contributed by atoms with E-state index in [-0.39, 0.29) is 25.5 Å². The minimum Gasteiger partial charge on any atom is -0.368 e. The number of nitrogen functional groups attached to an aromatic ring is 1. The second-order valence-corrected chi connectivity index (χ2v) is 5.42. The van der Waals surface area contributed by atoms with E-state index in [1.165, 1.54) is 0 Å². The first-order valence-corrected chi connectivity index (χ1v) is 6.72. The summed E-state index contributed by atoms with van der Waals surface area (Å²) in [5, 5.41) is 0. The van der Waals surface area contributed by atoms with Gasteiger partial charge in [0.15, 0.2) is 0 Å². The number of likely N-dealkylation sites (tertiary alicyclic amines) is 1. The van der Waals surface area contributed by atoms with Gasteiger partial charge in [0.1, 0.15) is 5.82 Å². The molecule has 0 spiro atoms. The number of nitrogens with two attached hydrogens (primary N) is 1. The lowest BCUT2D eigenvalue weighted by atomic mass is 9.97. The summed E-state index contributed by atoms with van der Waals surface area (Å²) in [7, 11) is 3.53. The van der Waals surface area contributed by atoms with Crippen molar-refractivity contribution < 1.29 is 13.2 Å². The van der Waals surface area contributed by atoms with Crippen molar-refractivity contribution >= 4 is 11.9 Å². The molecule has 1 aromatic rings. The first-order chi connectivity index (χ1) is 9.75. The van der Waals surface area contributed by atoms with Crippen molar-refractivity contribution in [1.29, 1.82) is 0 Å². The van der Waals surface area contributed by atoms with Crippen LogP contribution in [0.1, 0.15) is 18.7 Å².